The normalized spacial score (nSPS) is 15.7. The quantitative estimate of drug-likeness (QED) is 0.721. The summed E-state index contributed by atoms with van der Waals surface area (Å²) < 4.78 is 1.01. The standard InChI is InChI=1S/C18H15BrN2O/c19-14-6-7-15-12(10-14)11-16(20-15)17(22)21-18(8-9-18)13-4-2-1-3-5-13/h1-7,10-11,20H,8-9H2,(H,21,22). The number of fused-ring (bicyclic) bond motifs is 1. The van der Waals surface area contributed by atoms with Crippen LogP contribution in [-0.4, -0.2) is 10.9 Å². The number of carbonyl (C=O) groups excluding carboxylic acids is 1. The van der Waals surface area contributed by atoms with Crippen LogP contribution in [0.5, 0.6) is 0 Å². The Morgan fingerprint density at radius 3 is 2.59 bits per heavy atom. The Hall–Kier alpha value is -2.07. The van der Waals surface area contributed by atoms with Crippen LogP contribution in [0.1, 0.15) is 28.9 Å². The molecule has 0 unspecified atom stereocenters. The number of amides is 1. The highest BCUT2D eigenvalue weighted by Crippen LogP contribution is 2.45. The molecule has 22 heavy (non-hydrogen) atoms. The van der Waals surface area contributed by atoms with E-state index in [2.05, 4.69) is 38.4 Å². The van der Waals surface area contributed by atoms with Crippen LogP contribution in [0.2, 0.25) is 0 Å². The van der Waals surface area contributed by atoms with Gasteiger partial charge < -0.3 is 10.3 Å². The molecule has 0 spiro atoms. The molecule has 0 aliphatic heterocycles. The van der Waals surface area contributed by atoms with Crippen molar-refractivity contribution in [2.75, 3.05) is 0 Å². The molecule has 1 aromatic heterocycles. The zero-order valence-corrected chi connectivity index (χ0v) is 13.5. The van der Waals surface area contributed by atoms with E-state index < -0.39 is 0 Å². The fourth-order valence-corrected chi connectivity index (χ4v) is 3.26. The number of H-pyrrole nitrogens is 1. The Balaban J connectivity index is 1.61. The molecule has 2 N–H and O–H groups in total. The predicted molar refractivity (Wildman–Crippen MR) is 90.8 cm³/mol. The first-order valence-electron chi connectivity index (χ1n) is 7.33. The van der Waals surface area contributed by atoms with Gasteiger partial charge in [-0.15, -0.1) is 0 Å². The van der Waals surface area contributed by atoms with Gasteiger partial charge in [0.2, 0.25) is 0 Å². The van der Waals surface area contributed by atoms with Crippen LogP contribution in [0.25, 0.3) is 10.9 Å². The molecule has 1 heterocycles. The van der Waals surface area contributed by atoms with Crippen molar-refractivity contribution in [2.45, 2.75) is 18.4 Å². The summed E-state index contributed by atoms with van der Waals surface area (Å²) in [6.45, 7) is 0. The van der Waals surface area contributed by atoms with Crippen LogP contribution in [0.3, 0.4) is 0 Å². The lowest BCUT2D eigenvalue weighted by atomic mass is 10.0. The van der Waals surface area contributed by atoms with Gasteiger partial charge >= 0.3 is 0 Å². The molecule has 3 aromatic rings. The SMILES string of the molecule is O=C(NC1(c2ccccc2)CC1)c1cc2cc(Br)ccc2[nH]1. The summed E-state index contributed by atoms with van der Waals surface area (Å²) in [5.41, 5.74) is 2.58. The van der Waals surface area contributed by atoms with Gasteiger partial charge in [-0.25, -0.2) is 0 Å². The summed E-state index contributed by atoms with van der Waals surface area (Å²) in [5, 5.41) is 4.23. The minimum atomic E-state index is -0.184. The zero-order chi connectivity index (χ0) is 15.2. The number of halogens is 1. The van der Waals surface area contributed by atoms with Gasteiger partial charge in [0.25, 0.3) is 5.91 Å². The first-order chi connectivity index (χ1) is 10.7. The lowest BCUT2D eigenvalue weighted by Gasteiger charge is -2.17. The molecule has 1 aliphatic carbocycles. The molecule has 4 rings (SSSR count). The maximum atomic E-state index is 12.6. The zero-order valence-electron chi connectivity index (χ0n) is 11.9. The van der Waals surface area contributed by atoms with Gasteiger partial charge in [-0.3, -0.25) is 4.79 Å². The smallest absolute Gasteiger partial charge is 0.268 e. The Morgan fingerprint density at radius 1 is 1.09 bits per heavy atom. The van der Waals surface area contributed by atoms with Crippen LogP contribution in [0.4, 0.5) is 0 Å². The number of hydrogen-bond donors (Lipinski definition) is 2. The van der Waals surface area contributed by atoms with Crippen molar-refractivity contribution >= 4 is 32.7 Å². The Kier molecular flexibility index (Phi) is 3.08. The summed E-state index contributed by atoms with van der Waals surface area (Å²) in [4.78, 5) is 15.8. The van der Waals surface area contributed by atoms with E-state index in [0.717, 1.165) is 28.2 Å². The number of rotatable bonds is 3. The molecule has 1 aliphatic rings. The highest BCUT2D eigenvalue weighted by atomic mass is 79.9. The topological polar surface area (TPSA) is 44.9 Å². The molecule has 1 saturated carbocycles. The second-order valence-electron chi connectivity index (χ2n) is 5.82. The molecule has 1 amide bonds. The fraction of sp³-hybridized carbons (Fsp3) is 0.167. The first-order valence-corrected chi connectivity index (χ1v) is 8.12. The average molecular weight is 355 g/mol. The van der Waals surface area contributed by atoms with Crippen molar-refractivity contribution in [3.8, 4) is 0 Å². The van der Waals surface area contributed by atoms with Gasteiger partial charge in [-0.2, -0.15) is 0 Å². The predicted octanol–water partition coefficient (Wildman–Crippen LogP) is 4.35. The number of nitrogens with one attached hydrogen (secondary N) is 2. The molecule has 0 radical (unpaired) electrons. The van der Waals surface area contributed by atoms with Gasteiger partial charge in [0.15, 0.2) is 0 Å². The largest absolute Gasteiger partial charge is 0.351 e. The van der Waals surface area contributed by atoms with Crippen LogP contribution >= 0.6 is 15.9 Å². The molecule has 2 aromatic carbocycles. The second kappa shape index (κ2) is 4.99. The number of aromatic amines is 1. The van der Waals surface area contributed by atoms with E-state index in [1.165, 1.54) is 5.56 Å². The van der Waals surface area contributed by atoms with Crippen molar-refractivity contribution in [1.29, 1.82) is 0 Å². The van der Waals surface area contributed by atoms with Gasteiger partial charge in [-0.1, -0.05) is 46.3 Å². The van der Waals surface area contributed by atoms with E-state index in [-0.39, 0.29) is 11.4 Å². The lowest BCUT2D eigenvalue weighted by molar-refractivity contribution is 0.0926. The number of hydrogen-bond acceptors (Lipinski definition) is 1. The average Bonchev–Trinajstić information content (AvgIpc) is 3.18. The summed E-state index contributed by atoms with van der Waals surface area (Å²) >= 11 is 3.45. The third-order valence-electron chi connectivity index (χ3n) is 4.26. The summed E-state index contributed by atoms with van der Waals surface area (Å²) in [6.07, 6.45) is 1.99. The minimum Gasteiger partial charge on any atom is -0.351 e. The third kappa shape index (κ3) is 2.33. The molecule has 0 atom stereocenters. The first kappa shape index (κ1) is 13.6. The maximum absolute atomic E-state index is 12.6. The lowest BCUT2D eigenvalue weighted by Crippen LogP contribution is -2.34. The van der Waals surface area contributed by atoms with E-state index >= 15 is 0 Å². The van der Waals surface area contributed by atoms with E-state index in [0.29, 0.717) is 5.69 Å². The molecule has 0 bridgehead atoms. The van der Waals surface area contributed by atoms with Crippen molar-refractivity contribution in [3.05, 3.63) is 70.3 Å². The Bertz CT molecular complexity index is 850. The van der Waals surface area contributed by atoms with E-state index in [4.69, 9.17) is 0 Å². The van der Waals surface area contributed by atoms with Gasteiger partial charge in [0.05, 0.1) is 5.54 Å². The van der Waals surface area contributed by atoms with Gasteiger partial charge in [0.1, 0.15) is 5.69 Å². The highest BCUT2D eigenvalue weighted by Gasteiger charge is 2.45. The Morgan fingerprint density at radius 2 is 1.86 bits per heavy atom. The summed E-state index contributed by atoms with van der Waals surface area (Å²) in [5.74, 6) is -0.0475. The molecule has 110 valence electrons. The van der Waals surface area contributed by atoms with Crippen molar-refractivity contribution in [2.24, 2.45) is 0 Å². The molecular formula is C18H15BrN2O. The third-order valence-corrected chi connectivity index (χ3v) is 4.75. The van der Waals surface area contributed by atoms with Crippen LogP contribution < -0.4 is 5.32 Å². The maximum Gasteiger partial charge on any atom is 0.268 e. The molecule has 3 nitrogen and oxygen atoms in total. The molecule has 1 fully saturated rings. The Labute approximate surface area is 136 Å². The van der Waals surface area contributed by atoms with E-state index in [1.54, 1.807) is 0 Å². The molecular weight excluding hydrogens is 340 g/mol. The molecule has 4 heteroatoms. The van der Waals surface area contributed by atoms with Crippen LogP contribution in [-0.2, 0) is 5.54 Å². The van der Waals surface area contributed by atoms with Crippen LogP contribution in [0.15, 0.2) is 59.1 Å². The number of aromatic nitrogens is 1. The van der Waals surface area contributed by atoms with Crippen LogP contribution in [0, 0.1) is 0 Å². The van der Waals surface area contributed by atoms with Gasteiger partial charge in [-0.05, 0) is 42.7 Å². The summed E-state index contributed by atoms with van der Waals surface area (Å²) in [7, 11) is 0. The van der Waals surface area contributed by atoms with Crippen molar-refractivity contribution in [3.63, 3.8) is 0 Å². The summed E-state index contributed by atoms with van der Waals surface area (Å²) in [6, 6.07) is 18.0. The van der Waals surface area contributed by atoms with E-state index in [1.807, 2.05) is 42.5 Å². The number of carbonyl (C=O) groups is 1. The minimum absolute atomic E-state index is 0.0475. The van der Waals surface area contributed by atoms with E-state index in [9.17, 15) is 4.79 Å². The molecule has 0 saturated heterocycles. The fourth-order valence-electron chi connectivity index (χ4n) is 2.88. The number of benzene rings is 2. The monoisotopic (exact) mass is 354 g/mol. The highest BCUT2D eigenvalue weighted by molar-refractivity contribution is 9.10. The van der Waals surface area contributed by atoms with Crippen molar-refractivity contribution < 1.29 is 4.79 Å². The van der Waals surface area contributed by atoms with Crippen molar-refractivity contribution in [1.82, 2.24) is 10.3 Å². The second-order valence-corrected chi connectivity index (χ2v) is 6.73. The van der Waals surface area contributed by atoms with Gasteiger partial charge in [0, 0.05) is 15.4 Å².